The van der Waals surface area contributed by atoms with Gasteiger partial charge in [-0.1, -0.05) is 19.3 Å². The van der Waals surface area contributed by atoms with E-state index in [0.29, 0.717) is 18.1 Å². The summed E-state index contributed by atoms with van der Waals surface area (Å²) >= 11 is 0. The summed E-state index contributed by atoms with van der Waals surface area (Å²) in [6.07, 6.45) is 8.84. The van der Waals surface area contributed by atoms with Crippen molar-refractivity contribution < 1.29 is 9.26 Å². The first kappa shape index (κ1) is 13.9. The predicted octanol–water partition coefficient (Wildman–Crippen LogP) is 2.15. The first-order valence-electron chi connectivity index (χ1n) is 7.84. The fraction of sp³-hybridized carbons (Fsp3) is 0.800. The first-order valence-corrected chi connectivity index (χ1v) is 7.84. The number of aromatic nitrogens is 1. The monoisotopic (exact) mass is 280 g/mol. The highest BCUT2D eigenvalue weighted by atomic mass is 16.5. The van der Waals surface area contributed by atoms with Crippen LogP contribution in [0.15, 0.2) is 15.4 Å². The molecule has 0 unspecified atom stereocenters. The van der Waals surface area contributed by atoms with Crippen molar-refractivity contribution in [2.24, 2.45) is 0 Å². The van der Waals surface area contributed by atoms with E-state index in [1.54, 1.807) is 6.07 Å². The topological polar surface area (TPSA) is 67.3 Å². The fourth-order valence-corrected chi connectivity index (χ4v) is 3.37. The molecule has 1 saturated heterocycles. The van der Waals surface area contributed by atoms with E-state index in [9.17, 15) is 4.79 Å². The summed E-state index contributed by atoms with van der Waals surface area (Å²) < 4.78 is 11.3. The summed E-state index contributed by atoms with van der Waals surface area (Å²) in [7, 11) is 0. The molecule has 0 bridgehead atoms. The van der Waals surface area contributed by atoms with Crippen molar-refractivity contribution in [3.63, 3.8) is 0 Å². The summed E-state index contributed by atoms with van der Waals surface area (Å²) in [6, 6.07) is 1.95. The molecule has 0 radical (unpaired) electrons. The Morgan fingerprint density at radius 2 is 2.10 bits per heavy atom. The van der Waals surface area contributed by atoms with Crippen molar-refractivity contribution in [3.8, 4) is 0 Å². The summed E-state index contributed by atoms with van der Waals surface area (Å²) in [5.74, 6) is 1.12. The van der Waals surface area contributed by atoms with Crippen LogP contribution in [0.1, 0.15) is 56.6 Å². The van der Waals surface area contributed by atoms with Crippen LogP contribution in [0.25, 0.3) is 0 Å². The van der Waals surface area contributed by atoms with E-state index in [-0.39, 0.29) is 5.56 Å². The SMILES string of the molecule is O=c1cc([C@H]2CCN[C@H](COC3CCCCC3)C2)o[nH]1. The minimum Gasteiger partial charge on any atom is -0.383 e. The quantitative estimate of drug-likeness (QED) is 0.887. The van der Waals surface area contributed by atoms with Gasteiger partial charge in [-0.15, -0.1) is 0 Å². The minimum absolute atomic E-state index is 0.145. The zero-order valence-electron chi connectivity index (χ0n) is 11.9. The molecule has 20 heavy (non-hydrogen) atoms. The number of hydrogen-bond donors (Lipinski definition) is 2. The summed E-state index contributed by atoms with van der Waals surface area (Å²) in [5.41, 5.74) is -0.145. The van der Waals surface area contributed by atoms with Gasteiger partial charge < -0.3 is 14.6 Å². The van der Waals surface area contributed by atoms with Crippen molar-refractivity contribution >= 4 is 0 Å². The van der Waals surface area contributed by atoms with Crippen molar-refractivity contribution in [3.05, 3.63) is 22.2 Å². The van der Waals surface area contributed by atoms with Crippen molar-refractivity contribution in [1.29, 1.82) is 0 Å². The third kappa shape index (κ3) is 3.52. The molecule has 0 amide bonds. The molecule has 2 heterocycles. The van der Waals surface area contributed by atoms with Crippen LogP contribution in [-0.2, 0) is 4.74 Å². The molecule has 1 saturated carbocycles. The molecule has 2 atom stereocenters. The predicted molar refractivity (Wildman–Crippen MR) is 75.9 cm³/mol. The van der Waals surface area contributed by atoms with E-state index in [1.165, 1.54) is 32.1 Å². The normalized spacial score (nSPS) is 28.6. The molecule has 2 N–H and O–H groups in total. The Bertz CT molecular complexity index is 462. The third-order valence-electron chi connectivity index (χ3n) is 4.53. The smallest absolute Gasteiger partial charge is 0.280 e. The van der Waals surface area contributed by atoms with Crippen LogP contribution in [-0.4, -0.2) is 30.5 Å². The molecule has 1 aliphatic carbocycles. The van der Waals surface area contributed by atoms with Gasteiger partial charge in [0.05, 0.1) is 12.7 Å². The Morgan fingerprint density at radius 1 is 1.25 bits per heavy atom. The van der Waals surface area contributed by atoms with Gasteiger partial charge in [0.15, 0.2) is 0 Å². The molecular weight excluding hydrogens is 256 g/mol. The number of piperidine rings is 1. The molecule has 5 nitrogen and oxygen atoms in total. The lowest BCUT2D eigenvalue weighted by atomic mass is 9.90. The molecule has 5 heteroatoms. The lowest BCUT2D eigenvalue weighted by Crippen LogP contribution is -2.41. The Balaban J connectivity index is 1.49. The highest BCUT2D eigenvalue weighted by Gasteiger charge is 2.26. The standard InChI is InChI=1S/C15H24N2O3/c18-15-9-14(20-17-15)11-6-7-16-12(8-11)10-19-13-4-2-1-3-5-13/h9,11-13,16H,1-8,10H2,(H,17,18)/t11-,12-/m0/s1. The highest BCUT2D eigenvalue weighted by molar-refractivity contribution is 5.05. The largest absolute Gasteiger partial charge is 0.383 e. The molecule has 1 aromatic heterocycles. The lowest BCUT2D eigenvalue weighted by Gasteiger charge is -2.31. The van der Waals surface area contributed by atoms with E-state index < -0.39 is 0 Å². The average molecular weight is 280 g/mol. The Morgan fingerprint density at radius 3 is 2.85 bits per heavy atom. The number of ether oxygens (including phenoxy) is 1. The molecule has 2 aliphatic rings. The van der Waals surface area contributed by atoms with Gasteiger partial charge in [-0.05, 0) is 32.2 Å². The van der Waals surface area contributed by atoms with Crippen LogP contribution in [0.4, 0.5) is 0 Å². The van der Waals surface area contributed by atoms with Gasteiger partial charge in [-0.25, -0.2) is 0 Å². The zero-order chi connectivity index (χ0) is 13.8. The van der Waals surface area contributed by atoms with Crippen molar-refractivity contribution in [1.82, 2.24) is 10.5 Å². The number of nitrogens with one attached hydrogen (secondary N) is 2. The zero-order valence-corrected chi connectivity index (χ0v) is 11.9. The van der Waals surface area contributed by atoms with Crippen LogP contribution in [0.5, 0.6) is 0 Å². The van der Waals surface area contributed by atoms with Crippen LogP contribution in [0.3, 0.4) is 0 Å². The summed E-state index contributed by atoms with van der Waals surface area (Å²) in [5, 5.41) is 5.89. The second-order valence-corrected chi connectivity index (χ2v) is 6.08. The first-order chi connectivity index (χ1) is 9.81. The Hall–Kier alpha value is -1.07. The van der Waals surface area contributed by atoms with Crippen LogP contribution in [0, 0.1) is 0 Å². The van der Waals surface area contributed by atoms with Gasteiger partial charge in [-0.3, -0.25) is 4.79 Å². The van der Waals surface area contributed by atoms with Crippen LogP contribution < -0.4 is 10.9 Å². The summed E-state index contributed by atoms with van der Waals surface area (Å²) in [4.78, 5) is 11.2. The van der Waals surface area contributed by atoms with E-state index in [2.05, 4.69) is 10.5 Å². The van der Waals surface area contributed by atoms with E-state index in [0.717, 1.165) is 31.8 Å². The van der Waals surface area contributed by atoms with Crippen LogP contribution in [0.2, 0.25) is 0 Å². The molecule has 3 rings (SSSR count). The number of hydrogen-bond acceptors (Lipinski definition) is 4. The maximum Gasteiger partial charge on any atom is 0.280 e. The lowest BCUT2D eigenvalue weighted by molar-refractivity contribution is 0.0105. The van der Waals surface area contributed by atoms with Gasteiger partial charge in [-0.2, -0.15) is 5.16 Å². The van der Waals surface area contributed by atoms with Gasteiger partial charge in [0.25, 0.3) is 5.56 Å². The van der Waals surface area contributed by atoms with Gasteiger partial charge in [0, 0.05) is 18.0 Å². The van der Waals surface area contributed by atoms with E-state index in [4.69, 9.17) is 9.26 Å². The average Bonchev–Trinajstić information content (AvgIpc) is 2.93. The van der Waals surface area contributed by atoms with E-state index >= 15 is 0 Å². The molecule has 2 fully saturated rings. The van der Waals surface area contributed by atoms with Crippen molar-refractivity contribution in [2.45, 2.75) is 63.0 Å². The Labute approximate surface area is 119 Å². The van der Waals surface area contributed by atoms with Gasteiger partial charge >= 0.3 is 0 Å². The van der Waals surface area contributed by atoms with Gasteiger partial charge in [0.2, 0.25) is 0 Å². The number of H-pyrrole nitrogens is 1. The molecule has 1 aliphatic heterocycles. The highest BCUT2D eigenvalue weighted by Crippen LogP contribution is 2.27. The molecular formula is C15H24N2O3. The maximum absolute atomic E-state index is 11.2. The maximum atomic E-state index is 11.2. The second kappa shape index (κ2) is 6.59. The molecule has 1 aromatic rings. The van der Waals surface area contributed by atoms with E-state index in [1.807, 2.05) is 0 Å². The number of aromatic amines is 1. The van der Waals surface area contributed by atoms with Crippen LogP contribution >= 0.6 is 0 Å². The second-order valence-electron chi connectivity index (χ2n) is 6.08. The number of rotatable bonds is 4. The summed E-state index contributed by atoms with van der Waals surface area (Å²) in [6.45, 7) is 1.73. The molecule has 0 aromatic carbocycles. The third-order valence-corrected chi connectivity index (χ3v) is 4.53. The van der Waals surface area contributed by atoms with Gasteiger partial charge in [0.1, 0.15) is 5.76 Å². The minimum atomic E-state index is -0.145. The fourth-order valence-electron chi connectivity index (χ4n) is 3.37. The van der Waals surface area contributed by atoms with Crippen molar-refractivity contribution in [2.75, 3.05) is 13.2 Å². The molecule has 112 valence electrons. The Kier molecular flexibility index (Phi) is 4.58. The molecule has 0 spiro atoms.